The van der Waals surface area contributed by atoms with Crippen LogP contribution in [0.2, 0.25) is 0 Å². The number of hydrogen-bond donors (Lipinski definition) is 3. The predicted molar refractivity (Wildman–Crippen MR) is 97.2 cm³/mol. The number of aliphatic hydroxyl groups is 1. The van der Waals surface area contributed by atoms with Gasteiger partial charge in [-0.05, 0) is 36.8 Å². The monoisotopic (exact) mass is 345 g/mol. The van der Waals surface area contributed by atoms with E-state index in [4.69, 9.17) is 9.84 Å². The molecule has 0 saturated heterocycles. The summed E-state index contributed by atoms with van der Waals surface area (Å²) in [6.45, 7) is 3.30. The van der Waals surface area contributed by atoms with Crippen LogP contribution in [0.1, 0.15) is 16.7 Å². The van der Waals surface area contributed by atoms with Gasteiger partial charge in [-0.2, -0.15) is 0 Å². The van der Waals surface area contributed by atoms with Crippen LogP contribution in [-0.2, 0) is 13.2 Å². The number of hydrogen-bond acceptors (Lipinski definition) is 3. The van der Waals surface area contributed by atoms with Gasteiger partial charge in [-0.15, -0.1) is 0 Å². The lowest BCUT2D eigenvalue weighted by Crippen LogP contribution is -2.38. The summed E-state index contributed by atoms with van der Waals surface area (Å²) in [5.41, 5.74) is 2.35. The normalized spacial score (nSPS) is 11.3. The van der Waals surface area contributed by atoms with E-state index in [9.17, 15) is 4.39 Å². The Hall–Kier alpha value is -2.60. The van der Waals surface area contributed by atoms with Crippen LogP contribution in [0.5, 0.6) is 5.75 Å². The Labute approximate surface area is 147 Å². The Morgan fingerprint density at radius 2 is 1.92 bits per heavy atom. The molecule has 0 fully saturated rings. The second-order valence-electron chi connectivity index (χ2n) is 5.60. The number of guanidine groups is 1. The Morgan fingerprint density at radius 1 is 1.16 bits per heavy atom. The molecule has 0 aliphatic rings. The molecule has 0 amide bonds. The molecule has 0 aromatic heterocycles. The lowest BCUT2D eigenvalue weighted by Gasteiger charge is -2.13. The largest absolute Gasteiger partial charge is 0.492 e. The minimum absolute atomic E-state index is 0.286. The van der Waals surface area contributed by atoms with E-state index in [2.05, 4.69) is 15.6 Å². The quantitative estimate of drug-likeness (QED) is 0.409. The van der Waals surface area contributed by atoms with E-state index in [-0.39, 0.29) is 12.2 Å². The van der Waals surface area contributed by atoms with E-state index < -0.39 is 5.82 Å². The van der Waals surface area contributed by atoms with Gasteiger partial charge in [0.25, 0.3) is 0 Å². The van der Waals surface area contributed by atoms with Gasteiger partial charge in [0.15, 0.2) is 5.96 Å². The Morgan fingerprint density at radius 3 is 2.60 bits per heavy atom. The van der Waals surface area contributed by atoms with E-state index in [0.29, 0.717) is 25.7 Å². The van der Waals surface area contributed by atoms with Crippen LogP contribution in [0.4, 0.5) is 4.39 Å². The van der Waals surface area contributed by atoms with Crippen molar-refractivity contribution in [3.8, 4) is 5.75 Å². The SMILES string of the molecule is CN=C(NCCOc1ccc(C)cc1)NCc1ccc(F)c(CO)c1. The summed E-state index contributed by atoms with van der Waals surface area (Å²) in [5.74, 6) is 1.06. The number of aliphatic hydroxyl groups excluding tert-OH is 1. The van der Waals surface area contributed by atoms with E-state index in [1.54, 1.807) is 19.2 Å². The summed E-state index contributed by atoms with van der Waals surface area (Å²) >= 11 is 0. The number of halogens is 1. The summed E-state index contributed by atoms with van der Waals surface area (Å²) in [7, 11) is 1.68. The number of aryl methyl sites for hydroxylation is 1. The molecular weight excluding hydrogens is 321 g/mol. The van der Waals surface area contributed by atoms with Crippen molar-refractivity contribution in [1.29, 1.82) is 0 Å². The van der Waals surface area contributed by atoms with Gasteiger partial charge in [-0.3, -0.25) is 4.99 Å². The molecule has 6 heteroatoms. The number of ether oxygens (including phenoxy) is 1. The molecule has 2 aromatic carbocycles. The summed E-state index contributed by atoms with van der Waals surface area (Å²) in [4.78, 5) is 4.13. The van der Waals surface area contributed by atoms with Crippen LogP contribution in [0.3, 0.4) is 0 Å². The second kappa shape index (κ2) is 9.64. The van der Waals surface area contributed by atoms with E-state index in [0.717, 1.165) is 11.3 Å². The second-order valence-corrected chi connectivity index (χ2v) is 5.60. The Bertz CT molecular complexity index is 702. The van der Waals surface area contributed by atoms with Gasteiger partial charge in [0.05, 0.1) is 13.2 Å². The first-order valence-corrected chi connectivity index (χ1v) is 8.14. The van der Waals surface area contributed by atoms with E-state index in [1.807, 2.05) is 31.2 Å². The van der Waals surface area contributed by atoms with Crippen LogP contribution >= 0.6 is 0 Å². The molecule has 0 bridgehead atoms. The van der Waals surface area contributed by atoms with Crippen molar-refractivity contribution in [3.63, 3.8) is 0 Å². The lowest BCUT2D eigenvalue weighted by atomic mass is 10.1. The van der Waals surface area contributed by atoms with Crippen molar-refractivity contribution < 1.29 is 14.2 Å². The standard InChI is InChI=1S/C19H24FN3O2/c1-14-3-6-17(7-4-14)25-10-9-22-19(21-2)23-12-15-5-8-18(20)16(11-15)13-24/h3-8,11,24H,9-10,12-13H2,1-2H3,(H2,21,22,23). The maximum absolute atomic E-state index is 13.4. The predicted octanol–water partition coefficient (Wildman–Crippen LogP) is 2.37. The fourth-order valence-electron chi connectivity index (χ4n) is 2.24. The molecule has 0 aliphatic carbocycles. The minimum Gasteiger partial charge on any atom is -0.492 e. The average Bonchev–Trinajstić information content (AvgIpc) is 2.63. The molecular formula is C19H24FN3O2. The molecule has 3 N–H and O–H groups in total. The molecule has 0 aliphatic heterocycles. The van der Waals surface area contributed by atoms with Gasteiger partial charge >= 0.3 is 0 Å². The number of rotatable bonds is 7. The molecule has 0 saturated carbocycles. The fourth-order valence-corrected chi connectivity index (χ4v) is 2.24. The summed E-state index contributed by atoms with van der Waals surface area (Å²) in [6, 6.07) is 12.6. The van der Waals surface area contributed by atoms with Crippen LogP contribution in [0, 0.1) is 12.7 Å². The van der Waals surface area contributed by atoms with Crippen molar-refractivity contribution >= 4 is 5.96 Å². The smallest absolute Gasteiger partial charge is 0.191 e. The Kier molecular flexibility index (Phi) is 7.22. The zero-order valence-electron chi connectivity index (χ0n) is 14.6. The number of nitrogens with one attached hydrogen (secondary N) is 2. The highest BCUT2D eigenvalue weighted by atomic mass is 19.1. The third kappa shape index (κ3) is 6.08. The van der Waals surface area contributed by atoms with E-state index >= 15 is 0 Å². The molecule has 0 heterocycles. The van der Waals surface area contributed by atoms with Gasteiger partial charge in [0.2, 0.25) is 0 Å². The molecule has 0 spiro atoms. The highest BCUT2D eigenvalue weighted by Gasteiger charge is 2.04. The summed E-state index contributed by atoms with van der Waals surface area (Å²) in [6.07, 6.45) is 0. The third-order valence-electron chi connectivity index (χ3n) is 3.65. The number of nitrogens with zero attached hydrogens (tertiary/aromatic N) is 1. The van der Waals surface area contributed by atoms with Gasteiger partial charge < -0.3 is 20.5 Å². The summed E-state index contributed by atoms with van der Waals surface area (Å²) < 4.78 is 19.0. The molecule has 0 unspecified atom stereocenters. The molecule has 2 rings (SSSR count). The highest BCUT2D eigenvalue weighted by Crippen LogP contribution is 2.11. The van der Waals surface area contributed by atoms with Crippen LogP contribution in [-0.4, -0.2) is 31.3 Å². The third-order valence-corrected chi connectivity index (χ3v) is 3.65. The van der Waals surface area contributed by atoms with Crippen molar-refractivity contribution in [2.24, 2.45) is 4.99 Å². The van der Waals surface area contributed by atoms with Crippen LogP contribution < -0.4 is 15.4 Å². The van der Waals surface area contributed by atoms with E-state index in [1.165, 1.54) is 11.6 Å². The fraction of sp³-hybridized carbons (Fsp3) is 0.316. The minimum atomic E-state index is -0.401. The summed E-state index contributed by atoms with van der Waals surface area (Å²) in [5, 5.41) is 15.4. The molecule has 134 valence electrons. The van der Waals surface area contributed by atoms with Crippen LogP contribution in [0.25, 0.3) is 0 Å². The van der Waals surface area contributed by atoms with Crippen molar-refractivity contribution in [1.82, 2.24) is 10.6 Å². The maximum atomic E-state index is 13.4. The average molecular weight is 345 g/mol. The highest BCUT2D eigenvalue weighted by molar-refractivity contribution is 5.79. The maximum Gasteiger partial charge on any atom is 0.191 e. The molecule has 0 atom stereocenters. The topological polar surface area (TPSA) is 65.9 Å². The van der Waals surface area contributed by atoms with Crippen molar-refractivity contribution in [3.05, 3.63) is 65.0 Å². The number of aliphatic imine (C=N–C) groups is 1. The van der Waals surface area contributed by atoms with Crippen LogP contribution in [0.15, 0.2) is 47.5 Å². The molecule has 5 nitrogen and oxygen atoms in total. The Balaban J connectivity index is 1.74. The number of benzene rings is 2. The van der Waals surface area contributed by atoms with Gasteiger partial charge in [-0.25, -0.2) is 4.39 Å². The molecule has 0 radical (unpaired) electrons. The van der Waals surface area contributed by atoms with Gasteiger partial charge in [-0.1, -0.05) is 23.8 Å². The molecule has 25 heavy (non-hydrogen) atoms. The lowest BCUT2D eigenvalue weighted by molar-refractivity contribution is 0.275. The zero-order chi connectivity index (χ0) is 18.1. The zero-order valence-corrected chi connectivity index (χ0v) is 14.6. The van der Waals surface area contributed by atoms with Gasteiger partial charge in [0, 0.05) is 19.2 Å². The van der Waals surface area contributed by atoms with Crippen molar-refractivity contribution in [2.75, 3.05) is 20.2 Å². The molecule has 2 aromatic rings. The first kappa shape index (κ1) is 18.7. The first-order chi connectivity index (χ1) is 12.1. The van der Waals surface area contributed by atoms with Gasteiger partial charge in [0.1, 0.15) is 18.2 Å². The van der Waals surface area contributed by atoms with Crippen molar-refractivity contribution in [2.45, 2.75) is 20.1 Å². The first-order valence-electron chi connectivity index (χ1n) is 8.14.